The molecule has 1 aliphatic carbocycles. The van der Waals surface area contributed by atoms with Crippen LogP contribution in [-0.4, -0.2) is 26.2 Å². The molecule has 1 aliphatic rings. The molecule has 0 amide bonds. The van der Waals surface area contributed by atoms with Gasteiger partial charge in [0.15, 0.2) is 0 Å². The van der Waals surface area contributed by atoms with Crippen LogP contribution in [0.4, 0.5) is 4.39 Å². The molecule has 0 saturated heterocycles. The lowest BCUT2D eigenvalue weighted by Crippen LogP contribution is -2.38. The Labute approximate surface area is 161 Å². The van der Waals surface area contributed by atoms with Crippen LogP contribution in [0.3, 0.4) is 0 Å². The fraction of sp³-hybridized carbons (Fsp3) is 0.429. The second-order valence-corrected chi connectivity index (χ2v) is 6.75. The van der Waals surface area contributed by atoms with Crippen LogP contribution in [0.1, 0.15) is 31.2 Å². The SMILES string of the molecule is CNC1CCC(NCc2cc(-c3ccc(F)cc3)ccc2OC)CC1.Cl. The van der Waals surface area contributed by atoms with Gasteiger partial charge in [-0.1, -0.05) is 18.2 Å². The molecule has 3 rings (SSSR count). The highest BCUT2D eigenvalue weighted by atomic mass is 35.5. The molecule has 3 nitrogen and oxygen atoms in total. The van der Waals surface area contributed by atoms with E-state index in [2.05, 4.69) is 16.7 Å². The minimum atomic E-state index is -0.212. The maximum Gasteiger partial charge on any atom is 0.123 e. The van der Waals surface area contributed by atoms with Gasteiger partial charge in [0.2, 0.25) is 0 Å². The molecule has 26 heavy (non-hydrogen) atoms. The van der Waals surface area contributed by atoms with E-state index in [-0.39, 0.29) is 18.2 Å². The minimum absolute atomic E-state index is 0. The number of methoxy groups -OCH3 is 1. The Morgan fingerprint density at radius 1 is 0.962 bits per heavy atom. The van der Waals surface area contributed by atoms with E-state index < -0.39 is 0 Å². The molecule has 2 N–H and O–H groups in total. The molecule has 2 aromatic rings. The highest BCUT2D eigenvalue weighted by Gasteiger charge is 2.19. The van der Waals surface area contributed by atoms with Crippen molar-refractivity contribution in [3.8, 4) is 16.9 Å². The van der Waals surface area contributed by atoms with Crippen molar-refractivity contribution in [2.75, 3.05) is 14.2 Å². The summed E-state index contributed by atoms with van der Waals surface area (Å²) < 4.78 is 18.7. The zero-order valence-corrected chi connectivity index (χ0v) is 16.2. The third-order valence-corrected chi connectivity index (χ3v) is 5.17. The first-order valence-electron chi connectivity index (χ1n) is 9.03. The second-order valence-electron chi connectivity index (χ2n) is 6.75. The molecular weight excluding hydrogens is 351 g/mol. The van der Waals surface area contributed by atoms with Gasteiger partial charge in [-0.15, -0.1) is 12.4 Å². The Balaban J connectivity index is 0.00000243. The summed E-state index contributed by atoms with van der Waals surface area (Å²) in [7, 11) is 3.75. The quantitative estimate of drug-likeness (QED) is 0.774. The molecule has 0 bridgehead atoms. The van der Waals surface area contributed by atoms with Crippen LogP contribution in [0.25, 0.3) is 11.1 Å². The minimum Gasteiger partial charge on any atom is -0.496 e. The van der Waals surface area contributed by atoms with Crippen LogP contribution in [0.2, 0.25) is 0 Å². The van der Waals surface area contributed by atoms with Gasteiger partial charge in [-0.3, -0.25) is 0 Å². The third-order valence-electron chi connectivity index (χ3n) is 5.17. The van der Waals surface area contributed by atoms with Gasteiger partial charge in [0.1, 0.15) is 11.6 Å². The average molecular weight is 379 g/mol. The van der Waals surface area contributed by atoms with Crippen LogP contribution < -0.4 is 15.4 Å². The van der Waals surface area contributed by atoms with Gasteiger partial charge in [0, 0.05) is 24.2 Å². The zero-order valence-electron chi connectivity index (χ0n) is 15.4. The monoisotopic (exact) mass is 378 g/mol. The first-order valence-corrected chi connectivity index (χ1v) is 9.03. The Kier molecular flexibility index (Phi) is 7.88. The summed E-state index contributed by atoms with van der Waals surface area (Å²) >= 11 is 0. The van der Waals surface area contributed by atoms with Crippen molar-refractivity contribution in [2.45, 2.75) is 44.3 Å². The van der Waals surface area contributed by atoms with Crippen LogP contribution in [0.5, 0.6) is 5.75 Å². The molecule has 0 atom stereocenters. The maximum atomic E-state index is 13.1. The molecule has 1 fully saturated rings. The number of halogens is 2. The summed E-state index contributed by atoms with van der Waals surface area (Å²) in [5.41, 5.74) is 3.23. The summed E-state index contributed by atoms with van der Waals surface area (Å²) in [6.07, 6.45) is 4.85. The van der Waals surface area contributed by atoms with E-state index in [0.717, 1.165) is 29.0 Å². The van der Waals surface area contributed by atoms with Crippen molar-refractivity contribution in [1.82, 2.24) is 10.6 Å². The fourth-order valence-electron chi connectivity index (χ4n) is 3.58. The first-order chi connectivity index (χ1) is 12.2. The molecular formula is C21H28ClFN2O. The number of benzene rings is 2. The normalized spacial score (nSPS) is 19.7. The van der Waals surface area contributed by atoms with Crippen LogP contribution in [-0.2, 0) is 6.54 Å². The van der Waals surface area contributed by atoms with Crippen molar-refractivity contribution in [3.63, 3.8) is 0 Å². The molecule has 2 aromatic carbocycles. The van der Waals surface area contributed by atoms with E-state index in [0.29, 0.717) is 12.1 Å². The largest absolute Gasteiger partial charge is 0.496 e. The average Bonchev–Trinajstić information content (AvgIpc) is 2.67. The van der Waals surface area contributed by atoms with Gasteiger partial charge < -0.3 is 15.4 Å². The van der Waals surface area contributed by atoms with Crippen molar-refractivity contribution in [3.05, 3.63) is 53.8 Å². The highest BCUT2D eigenvalue weighted by molar-refractivity contribution is 5.85. The fourth-order valence-corrected chi connectivity index (χ4v) is 3.58. The van der Waals surface area contributed by atoms with Crippen LogP contribution >= 0.6 is 12.4 Å². The van der Waals surface area contributed by atoms with E-state index >= 15 is 0 Å². The maximum absolute atomic E-state index is 13.1. The zero-order chi connectivity index (χ0) is 17.6. The van der Waals surface area contributed by atoms with Crippen LogP contribution in [0.15, 0.2) is 42.5 Å². The molecule has 0 unspecified atom stereocenters. The third kappa shape index (κ3) is 5.19. The summed E-state index contributed by atoms with van der Waals surface area (Å²) in [4.78, 5) is 0. The molecule has 0 radical (unpaired) electrons. The second kappa shape index (κ2) is 9.91. The Morgan fingerprint density at radius 3 is 2.19 bits per heavy atom. The van der Waals surface area contributed by atoms with E-state index in [1.54, 1.807) is 7.11 Å². The van der Waals surface area contributed by atoms with E-state index in [9.17, 15) is 4.39 Å². The number of nitrogens with one attached hydrogen (secondary N) is 2. The summed E-state index contributed by atoms with van der Waals surface area (Å²) in [6, 6.07) is 14.0. The molecule has 0 spiro atoms. The standard InChI is InChI=1S/C21H27FN2O.ClH/c1-23-19-8-10-20(11-9-19)24-14-17-13-16(5-12-21(17)25-2)15-3-6-18(22)7-4-15;/h3-7,12-13,19-20,23-24H,8-11,14H2,1-2H3;1H. The van der Waals surface area contributed by atoms with E-state index in [1.807, 2.05) is 31.3 Å². The van der Waals surface area contributed by atoms with Gasteiger partial charge in [0.25, 0.3) is 0 Å². The first kappa shape index (κ1) is 20.7. The summed E-state index contributed by atoms with van der Waals surface area (Å²) in [5, 5.41) is 7.05. The van der Waals surface area contributed by atoms with Gasteiger partial charge in [-0.25, -0.2) is 4.39 Å². The molecule has 0 aliphatic heterocycles. The lowest BCUT2D eigenvalue weighted by Gasteiger charge is -2.29. The lowest BCUT2D eigenvalue weighted by atomic mass is 9.91. The van der Waals surface area contributed by atoms with Crippen molar-refractivity contribution in [1.29, 1.82) is 0 Å². The highest BCUT2D eigenvalue weighted by Crippen LogP contribution is 2.27. The van der Waals surface area contributed by atoms with Crippen molar-refractivity contribution in [2.24, 2.45) is 0 Å². The van der Waals surface area contributed by atoms with E-state index in [4.69, 9.17) is 4.74 Å². The Morgan fingerprint density at radius 2 is 1.58 bits per heavy atom. The Bertz CT molecular complexity index is 685. The summed E-state index contributed by atoms with van der Waals surface area (Å²) in [6.45, 7) is 0.785. The predicted octanol–water partition coefficient (Wildman–Crippen LogP) is 4.54. The number of ether oxygens (including phenoxy) is 1. The summed E-state index contributed by atoms with van der Waals surface area (Å²) in [5.74, 6) is 0.679. The number of hydrogen-bond acceptors (Lipinski definition) is 3. The molecule has 5 heteroatoms. The molecule has 142 valence electrons. The van der Waals surface area contributed by atoms with Gasteiger partial charge in [0.05, 0.1) is 7.11 Å². The lowest BCUT2D eigenvalue weighted by molar-refractivity contribution is 0.315. The molecule has 1 saturated carbocycles. The van der Waals surface area contributed by atoms with Gasteiger partial charge in [-0.2, -0.15) is 0 Å². The predicted molar refractivity (Wildman–Crippen MR) is 108 cm³/mol. The smallest absolute Gasteiger partial charge is 0.123 e. The molecule has 0 heterocycles. The number of rotatable bonds is 6. The van der Waals surface area contributed by atoms with Gasteiger partial charge in [-0.05, 0) is 68.1 Å². The van der Waals surface area contributed by atoms with Crippen LogP contribution in [0, 0.1) is 5.82 Å². The van der Waals surface area contributed by atoms with Crippen molar-refractivity contribution >= 4 is 12.4 Å². The topological polar surface area (TPSA) is 33.3 Å². The van der Waals surface area contributed by atoms with E-state index in [1.165, 1.54) is 37.8 Å². The van der Waals surface area contributed by atoms with Crippen molar-refractivity contribution < 1.29 is 9.13 Å². The van der Waals surface area contributed by atoms with Gasteiger partial charge >= 0.3 is 0 Å². The number of hydrogen-bond donors (Lipinski definition) is 2. The molecule has 0 aromatic heterocycles. The Hall–Kier alpha value is -1.62.